The molecule has 2 aromatic rings. The van der Waals surface area contributed by atoms with Crippen molar-refractivity contribution >= 4 is 22.7 Å². The Bertz CT molecular complexity index is 721. The van der Waals surface area contributed by atoms with Crippen LogP contribution >= 0.6 is 0 Å². The molecule has 0 spiro atoms. The van der Waals surface area contributed by atoms with E-state index in [0.29, 0.717) is 13.0 Å². The van der Waals surface area contributed by atoms with Crippen LogP contribution in [-0.4, -0.2) is 29.9 Å². The van der Waals surface area contributed by atoms with Crippen molar-refractivity contribution in [2.24, 2.45) is 0 Å². The predicted octanol–water partition coefficient (Wildman–Crippen LogP) is 2.55. The maximum atomic E-state index is 11.6. The molecule has 1 aliphatic heterocycles. The van der Waals surface area contributed by atoms with Crippen molar-refractivity contribution in [2.75, 3.05) is 13.1 Å². The molecule has 3 amide bonds. The molecule has 1 aliphatic rings. The van der Waals surface area contributed by atoms with Crippen molar-refractivity contribution in [3.05, 3.63) is 47.0 Å². The monoisotopic (exact) mass is 282 g/mol. The molecule has 0 saturated carbocycles. The quantitative estimate of drug-likeness (QED) is 0.880. The minimum Gasteiger partial charge on any atom is -0.329 e. The van der Waals surface area contributed by atoms with Crippen LogP contribution in [0.25, 0.3) is 10.8 Å². The lowest BCUT2D eigenvalue weighted by Gasteiger charge is -2.14. The van der Waals surface area contributed by atoms with Gasteiger partial charge in [-0.1, -0.05) is 30.3 Å². The Kier molecular flexibility index (Phi) is 3.37. The number of nitrogens with one attached hydrogen (secondary N) is 1. The highest BCUT2D eigenvalue weighted by Crippen LogP contribution is 2.23. The smallest absolute Gasteiger partial charge is 0.324 e. The summed E-state index contributed by atoms with van der Waals surface area (Å²) in [6, 6.07) is 10.3. The van der Waals surface area contributed by atoms with Crippen molar-refractivity contribution in [1.29, 1.82) is 0 Å². The summed E-state index contributed by atoms with van der Waals surface area (Å²) in [4.78, 5) is 24.5. The van der Waals surface area contributed by atoms with E-state index in [9.17, 15) is 9.59 Å². The third-order valence-electron chi connectivity index (χ3n) is 4.13. The molecule has 21 heavy (non-hydrogen) atoms. The normalized spacial score (nSPS) is 14.9. The third-order valence-corrected chi connectivity index (χ3v) is 4.13. The van der Waals surface area contributed by atoms with E-state index in [1.807, 2.05) is 6.07 Å². The fraction of sp³-hybridized carbons (Fsp3) is 0.294. The lowest BCUT2D eigenvalue weighted by molar-refractivity contribution is -0.124. The summed E-state index contributed by atoms with van der Waals surface area (Å²) >= 11 is 0. The molecule has 0 aliphatic carbocycles. The Labute approximate surface area is 123 Å². The van der Waals surface area contributed by atoms with Gasteiger partial charge in [-0.25, -0.2) is 4.79 Å². The summed E-state index contributed by atoms with van der Waals surface area (Å²) in [5, 5.41) is 4.95. The fourth-order valence-electron chi connectivity index (χ4n) is 2.74. The lowest BCUT2D eigenvalue weighted by Crippen LogP contribution is -2.32. The van der Waals surface area contributed by atoms with E-state index in [4.69, 9.17) is 0 Å². The van der Waals surface area contributed by atoms with Gasteiger partial charge in [0.2, 0.25) is 5.91 Å². The topological polar surface area (TPSA) is 49.4 Å². The second-order valence-corrected chi connectivity index (χ2v) is 5.53. The van der Waals surface area contributed by atoms with E-state index in [1.165, 1.54) is 32.4 Å². The number of carbonyl (C=O) groups excluding carboxylic acids is 2. The molecule has 0 radical (unpaired) electrons. The third kappa shape index (κ3) is 2.49. The van der Waals surface area contributed by atoms with E-state index in [-0.39, 0.29) is 18.5 Å². The molecule has 2 aromatic carbocycles. The molecule has 1 fully saturated rings. The van der Waals surface area contributed by atoms with Crippen molar-refractivity contribution in [3.8, 4) is 0 Å². The first-order chi connectivity index (χ1) is 10.1. The van der Waals surface area contributed by atoms with Crippen molar-refractivity contribution < 1.29 is 9.59 Å². The molecule has 1 heterocycles. The minimum absolute atomic E-state index is 0.118. The number of nitrogens with zero attached hydrogens (tertiary/aromatic N) is 1. The average molecular weight is 282 g/mol. The Morgan fingerprint density at radius 2 is 1.90 bits per heavy atom. The van der Waals surface area contributed by atoms with Gasteiger partial charge in [-0.2, -0.15) is 0 Å². The zero-order chi connectivity index (χ0) is 15.0. The number of carbonyl (C=O) groups is 2. The molecular formula is C17H18N2O2. The van der Waals surface area contributed by atoms with Crippen molar-refractivity contribution in [2.45, 2.75) is 20.3 Å². The first-order valence-electron chi connectivity index (χ1n) is 7.13. The van der Waals surface area contributed by atoms with Gasteiger partial charge in [-0.15, -0.1) is 0 Å². The van der Waals surface area contributed by atoms with Gasteiger partial charge in [0.25, 0.3) is 0 Å². The van der Waals surface area contributed by atoms with Gasteiger partial charge in [-0.05, 0) is 47.7 Å². The molecule has 4 heteroatoms. The molecule has 0 bridgehead atoms. The van der Waals surface area contributed by atoms with Crippen LogP contribution in [0.2, 0.25) is 0 Å². The number of urea groups is 1. The fourth-order valence-corrected chi connectivity index (χ4v) is 2.74. The van der Waals surface area contributed by atoms with Crippen LogP contribution in [-0.2, 0) is 11.2 Å². The molecule has 0 unspecified atom stereocenters. The number of fused-ring (bicyclic) bond motifs is 1. The van der Waals surface area contributed by atoms with Gasteiger partial charge in [-0.3, -0.25) is 9.69 Å². The number of amides is 3. The first-order valence-corrected chi connectivity index (χ1v) is 7.13. The number of hydrogen-bond acceptors (Lipinski definition) is 2. The maximum Gasteiger partial charge on any atom is 0.324 e. The highest BCUT2D eigenvalue weighted by molar-refractivity contribution is 6.02. The molecule has 0 atom stereocenters. The number of hydrogen-bond donors (Lipinski definition) is 1. The van der Waals surface area contributed by atoms with Gasteiger partial charge >= 0.3 is 6.03 Å². The summed E-state index contributed by atoms with van der Waals surface area (Å²) in [7, 11) is 0. The second-order valence-electron chi connectivity index (χ2n) is 5.53. The van der Waals surface area contributed by atoms with Crippen LogP contribution in [0.5, 0.6) is 0 Å². The number of benzene rings is 2. The van der Waals surface area contributed by atoms with Crippen LogP contribution in [0, 0.1) is 13.8 Å². The SMILES string of the molecule is Cc1cc2cccc(CCN3C(=O)CNC3=O)c2cc1C. The van der Waals surface area contributed by atoms with E-state index < -0.39 is 0 Å². The van der Waals surface area contributed by atoms with Crippen LogP contribution < -0.4 is 5.32 Å². The van der Waals surface area contributed by atoms with Crippen LogP contribution in [0.4, 0.5) is 4.79 Å². The number of rotatable bonds is 3. The second kappa shape index (κ2) is 5.20. The predicted molar refractivity (Wildman–Crippen MR) is 82.2 cm³/mol. The molecule has 0 aromatic heterocycles. The Balaban J connectivity index is 1.89. The van der Waals surface area contributed by atoms with Gasteiger partial charge in [0.15, 0.2) is 0 Å². The van der Waals surface area contributed by atoms with Crippen LogP contribution in [0.15, 0.2) is 30.3 Å². The van der Waals surface area contributed by atoms with E-state index in [0.717, 1.165) is 0 Å². The maximum absolute atomic E-state index is 11.6. The molecule has 1 N–H and O–H groups in total. The average Bonchev–Trinajstić information content (AvgIpc) is 2.77. The standard InChI is InChI=1S/C17H18N2O2/c1-11-8-14-5-3-4-13(15(14)9-12(11)2)6-7-19-16(20)10-18-17(19)21/h3-5,8-9H,6-7,10H2,1-2H3,(H,18,21). The van der Waals surface area contributed by atoms with E-state index in [1.54, 1.807) is 0 Å². The summed E-state index contributed by atoms with van der Waals surface area (Å²) in [5.74, 6) is -0.146. The first kappa shape index (κ1) is 13.6. The molecule has 4 nitrogen and oxygen atoms in total. The van der Waals surface area contributed by atoms with Gasteiger partial charge in [0, 0.05) is 6.54 Å². The summed E-state index contributed by atoms with van der Waals surface area (Å²) in [5.41, 5.74) is 3.70. The molecular weight excluding hydrogens is 264 g/mol. The lowest BCUT2D eigenvalue weighted by atomic mass is 9.97. The van der Waals surface area contributed by atoms with Crippen molar-refractivity contribution in [3.63, 3.8) is 0 Å². The zero-order valence-corrected chi connectivity index (χ0v) is 12.3. The van der Waals surface area contributed by atoms with Gasteiger partial charge < -0.3 is 5.32 Å². The summed E-state index contributed by atoms with van der Waals surface area (Å²) in [6.45, 7) is 4.75. The largest absolute Gasteiger partial charge is 0.329 e. The Morgan fingerprint density at radius 3 is 2.62 bits per heavy atom. The molecule has 3 rings (SSSR count). The highest BCUT2D eigenvalue weighted by atomic mass is 16.2. The number of imide groups is 1. The number of aryl methyl sites for hydroxylation is 2. The highest BCUT2D eigenvalue weighted by Gasteiger charge is 2.27. The molecule has 1 saturated heterocycles. The van der Waals surface area contributed by atoms with Crippen LogP contribution in [0.3, 0.4) is 0 Å². The van der Waals surface area contributed by atoms with Gasteiger partial charge in [0.05, 0.1) is 6.54 Å². The minimum atomic E-state index is -0.285. The zero-order valence-electron chi connectivity index (χ0n) is 12.3. The van der Waals surface area contributed by atoms with Gasteiger partial charge in [0.1, 0.15) is 0 Å². The van der Waals surface area contributed by atoms with E-state index >= 15 is 0 Å². The van der Waals surface area contributed by atoms with Crippen LogP contribution in [0.1, 0.15) is 16.7 Å². The Hall–Kier alpha value is -2.36. The molecule has 108 valence electrons. The van der Waals surface area contributed by atoms with E-state index in [2.05, 4.69) is 43.4 Å². The summed E-state index contributed by atoms with van der Waals surface area (Å²) in [6.07, 6.45) is 0.680. The van der Waals surface area contributed by atoms with Crippen molar-refractivity contribution in [1.82, 2.24) is 10.2 Å². The Morgan fingerprint density at radius 1 is 1.14 bits per heavy atom. The summed E-state index contributed by atoms with van der Waals surface area (Å²) < 4.78 is 0.